The molecule has 1 aliphatic carbocycles. The molecule has 2 aromatic rings. The van der Waals surface area contributed by atoms with Crippen LogP contribution in [0.25, 0.3) is 11.0 Å². The van der Waals surface area contributed by atoms with Gasteiger partial charge in [0.1, 0.15) is 11.3 Å². The van der Waals surface area contributed by atoms with Gasteiger partial charge in [0.15, 0.2) is 0 Å². The molecule has 186 valence electrons. The van der Waals surface area contributed by atoms with Gasteiger partial charge in [-0.05, 0) is 58.2 Å². The lowest BCUT2D eigenvalue weighted by molar-refractivity contribution is -0.120. The summed E-state index contributed by atoms with van der Waals surface area (Å²) in [4.78, 5) is 30.8. The zero-order chi connectivity index (χ0) is 23.9. The third-order valence-electron chi connectivity index (χ3n) is 7.39. The predicted octanol–water partition coefficient (Wildman–Crippen LogP) is 4.91. The van der Waals surface area contributed by atoms with E-state index in [1.807, 2.05) is 36.1 Å². The molecule has 7 nitrogen and oxygen atoms in total. The second-order valence-corrected chi connectivity index (χ2v) is 9.68. The SMILES string of the molecule is CCOCCCN(C)C1CCN(C(=O)c2oc3ccccc3c2NC(=O)C2CCCCC2)CC1. The van der Waals surface area contributed by atoms with E-state index < -0.39 is 0 Å². The van der Waals surface area contributed by atoms with Gasteiger partial charge in [0.05, 0.1) is 0 Å². The number of para-hydroxylation sites is 1. The number of ether oxygens (including phenoxy) is 1. The number of piperidine rings is 1. The van der Waals surface area contributed by atoms with Crippen molar-refractivity contribution in [3.05, 3.63) is 30.0 Å². The van der Waals surface area contributed by atoms with E-state index in [2.05, 4.69) is 17.3 Å². The minimum Gasteiger partial charge on any atom is -0.449 e. The molecule has 2 fully saturated rings. The molecule has 0 spiro atoms. The van der Waals surface area contributed by atoms with E-state index in [4.69, 9.17) is 9.15 Å². The number of likely N-dealkylation sites (tertiary alicyclic amines) is 1. The molecule has 34 heavy (non-hydrogen) atoms. The Morgan fingerprint density at radius 2 is 1.85 bits per heavy atom. The monoisotopic (exact) mass is 469 g/mol. The molecule has 1 saturated carbocycles. The summed E-state index contributed by atoms with van der Waals surface area (Å²) in [5, 5.41) is 3.87. The zero-order valence-electron chi connectivity index (χ0n) is 20.7. The molecule has 0 unspecified atom stereocenters. The molecule has 0 atom stereocenters. The van der Waals surface area contributed by atoms with Gasteiger partial charge in [-0.25, -0.2) is 0 Å². The highest BCUT2D eigenvalue weighted by Gasteiger charge is 2.31. The van der Waals surface area contributed by atoms with Crippen molar-refractivity contribution in [1.29, 1.82) is 0 Å². The topological polar surface area (TPSA) is 75.0 Å². The number of carbonyl (C=O) groups is 2. The third kappa shape index (κ3) is 5.81. The molecule has 4 rings (SSSR count). The van der Waals surface area contributed by atoms with E-state index in [1.165, 1.54) is 6.42 Å². The minimum absolute atomic E-state index is 0.00712. The average Bonchev–Trinajstić information content (AvgIpc) is 3.25. The van der Waals surface area contributed by atoms with Crippen LogP contribution in [0.3, 0.4) is 0 Å². The molecule has 0 radical (unpaired) electrons. The van der Waals surface area contributed by atoms with Gasteiger partial charge >= 0.3 is 0 Å². The van der Waals surface area contributed by atoms with Gasteiger partial charge in [-0.2, -0.15) is 0 Å². The summed E-state index contributed by atoms with van der Waals surface area (Å²) >= 11 is 0. The largest absolute Gasteiger partial charge is 0.449 e. The molecule has 1 aromatic carbocycles. The number of nitrogens with zero attached hydrogens (tertiary/aromatic N) is 2. The number of nitrogens with one attached hydrogen (secondary N) is 1. The lowest BCUT2D eigenvalue weighted by Gasteiger charge is -2.36. The number of benzene rings is 1. The quantitative estimate of drug-likeness (QED) is 0.528. The highest BCUT2D eigenvalue weighted by Crippen LogP contribution is 2.34. The van der Waals surface area contributed by atoms with E-state index in [0.29, 0.717) is 30.4 Å². The first kappa shape index (κ1) is 24.7. The number of carbonyl (C=O) groups excluding carboxylic acids is 2. The van der Waals surface area contributed by atoms with Crippen LogP contribution in [-0.2, 0) is 9.53 Å². The fraction of sp³-hybridized carbons (Fsp3) is 0.630. The summed E-state index contributed by atoms with van der Waals surface area (Å²) in [5.41, 5.74) is 1.17. The molecule has 7 heteroatoms. The number of furan rings is 1. The Labute approximate surface area is 202 Å². The van der Waals surface area contributed by atoms with Crippen LogP contribution in [0.4, 0.5) is 5.69 Å². The molecular formula is C27H39N3O4. The maximum Gasteiger partial charge on any atom is 0.291 e. The predicted molar refractivity (Wildman–Crippen MR) is 134 cm³/mol. The number of hydrogen-bond acceptors (Lipinski definition) is 5. The van der Waals surface area contributed by atoms with Crippen LogP contribution in [0.2, 0.25) is 0 Å². The standard InChI is InChI=1S/C27H39N3O4/c1-3-33-19-9-16-29(2)21-14-17-30(18-15-21)27(32)25-24(22-12-7-8-13-23(22)34-25)28-26(31)20-10-5-4-6-11-20/h7-8,12-13,20-21H,3-6,9-11,14-19H2,1-2H3,(H,28,31). The second kappa shape index (κ2) is 11.8. The van der Waals surface area contributed by atoms with Crippen molar-refractivity contribution in [3.8, 4) is 0 Å². The molecule has 1 N–H and O–H groups in total. The fourth-order valence-electron chi connectivity index (χ4n) is 5.31. The average molecular weight is 470 g/mol. The molecule has 1 aliphatic heterocycles. The van der Waals surface area contributed by atoms with Gasteiger partial charge in [-0.1, -0.05) is 31.4 Å². The summed E-state index contributed by atoms with van der Waals surface area (Å²) in [7, 11) is 2.16. The molecule has 1 aromatic heterocycles. The Balaban J connectivity index is 1.42. The van der Waals surface area contributed by atoms with Gasteiger partial charge in [0.2, 0.25) is 11.7 Å². The number of rotatable bonds is 9. The second-order valence-electron chi connectivity index (χ2n) is 9.68. The van der Waals surface area contributed by atoms with E-state index in [0.717, 1.165) is 70.1 Å². The van der Waals surface area contributed by atoms with Crippen LogP contribution in [0.1, 0.15) is 68.8 Å². The Morgan fingerprint density at radius 3 is 2.59 bits per heavy atom. The van der Waals surface area contributed by atoms with Crippen molar-refractivity contribution in [2.75, 3.05) is 45.2 Å². The smallest absolute Gasteiger partial charge is 0.291 e. The molecule has 2 amide bonds. The maximum atomic E-state index is 13.5. The number of amides is 2. The van der Waals surface area contributed by atoms with Gasteiger partial charge in [0, 0.05) is 50.2 Å². The van der Waals surface area contributed by atoms with Crippen molar-refractivity contribution in [3.63, 3.8) is 0 Å². The van der Waals surface area contributed by atoms with E-state index >= 15 is 0 Å². The Bertz CT molecular complexity index is 958. The van der Waals surface area contributed by atoms with Crippen molar-refractivity contribution in [1.82, 2.24) is 9.80 Å². The Hall–Kier alpha value is -2.38. The Kier molecular flexibility index (Phi) is 8.62. The van der Waals surface area contributed by atoms with E-state index in [1.54, 1.807) is 0 Å². The highest BCUT2D eigenvalue weighted by atomic mass is 16.5. The highest BCUT2D eigenvalue weighted by molar-refractivity contribution is 6.11. The van der Waals surface area contributed by atoms with Crippen LogP contribution in [0.15, 0.2) is 28.7 Å². The molecule has 1 saturated heterocycles. The summed E-state index contributed by atoms with van der Waals surface area (Å²) in [6, 6.07) is 8.03. The van der Waals surface area contributed by atoms with Crippen LogP contribution in [0, 0.1) is 5.92 Å². The van der Waals surface area contributed by atoms with Crippen LogP contribution >= 0.6 is 0 Å². The maximum absolute atomic E-state index is 13.5. The Morgan fingerprint density at radius 1 is 1.12 bits per heavy atom. The summed E-state index contributed by atoms with van der Waals surface area (Å²) in [5.74, 6) is 0.147. The van der Waals surface area contributed by atoms with Crippen molar-refractivity contribution < 1.29 is 18.7 Å². The molecule has 2 aliphatic rings. The summed E-state index contributed by atoms with van der Waals surface area (Å²) in [6.45, 7) is 5.94. The fourth-order valence-corrected chi connectivity index (χ4v) is 5.31. The molecule has 0 bridgehead atoms. The van der Waals surface area contributed by atoms with Crippen LogP contribution in [0.5, 0.6) is 0 Å². The lowest BCUT2D eigenvalue weighted by Crippen LogP contribution is -2.46. The van der Waals surface area contributed by atoms with E-state index in [9.17, 15) is 9.59 Å². The van der Waals surface area contributed by atoms with Crippen LogP contribution in [-0.4, -0.2) is 67.6 Å². The third-order valence-corrected chi connectivity index (χ3v) is 7.39. The zero-order valence-corrected chi connectivity index (χ0v) is 20.7. The first-order valence-electron chi connectivity index (χ1n) is 13.0. The first-order chi connectivity index (χ1) is 16.6. The van der Waals surface area contributed by atoms with Crippen LogP contribution < -0.4 is 5.32 Å². The first-order valence-corrected chi connectivity index (χ1v) is 13.0. The number of hydrogen-bond donors (Lipinski definition) is 1. The van der Waals surface area contributed by atoms with Crippen molar-refractivity contribution in [2.24, 2.45) is 5.92 Å². The van der Waals surface area contributed by atoms with Crippen molar-refractivity contribution >= 4 is 28.5 Å². The molecular weight excluding hydrogens is 430 g/mol. The van der Waals surface area contributed by atoms with Crippen molar-refractivity contribution in [2.45, 2.75) is 64.3 Å². The lowest BCUT2D eigenvalue weighted by atomic mass is 9.88. The summed E-state index contributed by atoms with van der Waals surface area (Å²) in [6.07, 6.45) is 8.08. The normalized spacial score (nSPS) is 18.0. The van der Waals surface area contributed by atoms with E-state index in [-0.39, 0.29) is 23.5 Å². The van der Waals surface area contributed by atoms with Gasteiger partial charge in [-0.15, -0.1) is 0 Å². The number of fused-ring (bicyclic) bond motifs is 1. The van der Waals surface area contributed by atoms with Gasteiger partial charge in [-0.3, -0.25) is 9.59 Å². The van der Waals surface area contributed by atoms with Gasteiger partial charge < -0.3 is 24.3 Å². The summed E-state index contributed by atoms with van der Waals surface area (Å²) < 4.78 is 11.5. The molecule has 2 heterocycles. The number of anilines is 1. The van der Waals surface area contributed by atoms with Gasteiger partial charge in [0.25, 0.3) is 5.91 Å². The minimum atomic E-state index is -0.132.